The summed E-state index contributed by atoms with van der Waals surface area (Å²) in [5, 5.41) is 0.807. The van der Waals surface area contributed by atoms with Crippen LogP contribution in [-0.4, -0.2) is 23.9 Å². The van der Waals surface area contributed by atoms with Gasteiger partial charge in [-0.25, -0.2) is 0 Å². The molecule has 1 amide bonds. The summed E-state index contributed by atoms with van der Waals surface area (Å²) in [6.45, 7) is 2.63. The van der Waals surface area contributed by atoms with Crippen molar-refractivity contribution in [2.24, 2.45) is 0 Å². The number of halogens is 2. The van der Waals surface area contributed by atoms with Gasteiger partial charge >= 0.3 is 0 Å². The van der Waals surface area contributed by atoms with Gasteiger partial charge in [-0.1, -0.05) is 23.2 Å². The maximum Gasteiger partial charge on any atom is 0.256 e. The molecule has 152 valence electrons. The number of rotatable bonds is 6. The Bertz CT molecular complexity index is 962. The molecular formula is C22H22Cl2N2O3. The van der Waals surface area contributed by atoms with Crippen LogP contribution in [0.4, 0.5) is 5.88 Å². The SMILES string of the molecule is O=C(c1ccc(Cl)cc1Cl)N(Cc1ccco1)Cc1ccc(N2CCCCC2)o1. The van der Waals surface area contributed by atoms with Gasteiger partial charge in [0.15, 0.2) is 5.88 Å². The van der Waals surface area contributed by atoms with E-state index >= 15 is 0 Å². The van der Waals surface area contributed by atoms with Crippen molar-refractivity contribution in [2.75, 3.05) is 18.0 Å². The fourth-order valence-corrected chi connectivity index (χ4v) is 4.04. The molecule has 0 unspecified atom stereocenters. The van der Waals surface area contributed by atoms with Crippen molar-refractivity contribution in [3.05, 3.63) is 75.9 Å². The molecule has 29 heavy (non-hydrogen) atoms. The Hall–Kier alpha value is -2.37. The van der Waals surface area contributed by atoms with E-state index in [1.54, 1.807) is 35.4 Å². The zero-order valence-electron chi connectivity index (χ0n) is 15.9. The lowest BCUT2D eigenvalue weighted by Crippen LogP contribution is -2.30. The Morgan fingerprint density at radius 1 is 1.00 bits per heavy atom. The summed E-state index contributed by atoms with van der Waals surface area (Å²) >= 11 is 12.3. The minimum Gasteiger partial charge on any atom is -0.467 e. The van der Waals surface area contributed by atoms with Gasteiger partial charge in [-0.2, -0.15) is 0 Å². The van der Waals surface area contributed by atoms with Crippen LogP contribution in [0.1, 0.15) is 41.1 Å². The molecule has 0 bridgehead atoms. The zero-order chi connectivity index (χ0) is 20.2. The van der Waals surface area contributed by atoms with Gasteiger partial charge in [-0.05, 0) is 55.7 Å². The molecule has 4 rings (SSSR count). The predicted octanol–water partition coefficient (Wildman–Crippen LogP) is 6.01. The second-order valence-corrected chi connectivity index (χ2v) is 8.00. The summed E-state index contributed by atoms with van der Waals surface area (Å²) in [4.78, 5) is 17.1. The Morgan fingerprint density at radius 3 is 2.52 bits per heavy atom. The molecule has 1 saturated heterocycles. The van der Waals surface area contributed by atoms with Crippen LogP contribution in [0.2, 0.25) is 10.0 Å². The lowest BCUT2D eigenvalue weighted by molar-refractivity contribution is 0.0705. The Morgan fingerprint density at radius 2 is 1.79 bits per heavy atom. The molecule has 0 N–H and O–H groups in total. The second kappa shape index (κ2) is 8.97. The third-order valence-electron chi connectivity index (χ3n) is 5.04. The van der Waals surface area contributed by atoms with E-state index in [4.69, 9.17) is 32.0 Å². The van der Waals surface area contributed by atoms with Crippen molar-refractivity contribution in [1.82, 2.24) is 4.90 Å². The largest absolute Gasteiger partial charge is 0.467 e. The van der Waals surface area contributed by atoms with Crippen LogP contribution in [0.3, 0.4) is 0 Å². The quantitative estimate of drug-likeness (QED) is 0.478. The standard InChI is InChI=1S/C22H22Cl2N2O3/c23-16-6-8-19(20(24)13-16)22(27)26(14-17-5-4-12-28-17)15-18-7-9-21(29-18)25-10-2-1-3-11-25/h4-9,12-13H,1-3,10-11,14-15H2. The first-order valence-corrected chi connectivity index (χ1v) is 10.5. The van der Waals surface area contributed by atoms with Crippen LogP contribution in [0.5, 0.6) is 0 Å². The average molecular weight is 433 g/mol. The maximum atomic E-state index is 13.2. The van der Waals surface area contributed by atoms with Crippen molar-refractivity contribution >= 4 is 35.0 Å². The fraction of sp³-hybridized carbons (Fsp3) is 0.318. The molecule has 7 heteroatoms. The van der Waals surface area contributed by atoms with E-state index in [-0.39, 0.29) is 5.91 Å². The molecule has 1 fully saturated rings. The maximum absolute atomic E-state index is 13.2. The van der Waals surface area contributed by atoms with Gasteiger partial charge in [0, 0.05) is 24.2 Å². The number of nitrogens with zero attached hydrogens (tertiary/aromatic N) is 2. The minimum absolute atomic E-state index is 0.209. The molecule has 0 saturated carbocycles. The summed E-state index contributed by atoms with van der Waals surface area (Å²) in [6, 6.07) is 12.4. The van der Waals surface area contributed by atoms with Gasteiger partial charge in [0.25, 0.3) is 5.91 Å². The van der Waals surface area contributed by atoms with E-state index in [0.29, 0.717) is 34.5 Å². The monoisotopic (exact) mass is 432 g/mol. The van der Waals surface area contributed by atoms with Crippen molar-refractivity contribution in [1.29, 1.82) is 0 Å². The highest BCUT2D eigenvalue weighted by Gasteiger charge is 2.22. The topological polar surface area (TPSA) is 49.8 Å². The second-order valence-electron chi connectivity index (χ2n) is 7.15. The van der Waals surface area contributed by atoms with E-state index in [1.165, 1.54) is 19.3 Å². The number of hydrogen-bond acceptors (Lipinski definition) is 4. The first kappa shape index (κ1) is 19.9. The molecule has 1 aliphatic rings. The lowest BCUT2D eigenvalue weighted by atomic mass is 10.1. The molecule has 0 radical (unpaired) electrons. The van der Waals surface area contributed by atoms with Gasteiger partial charge in [-0.3, -0.25) is 4.79 Å². The number of hydrogen-bond donors (Lipinski definition) is 0. The van der Waals surface area contributed by atoms with Crippen LogP contribution in [0, 0.1) is 0 Å². The highest BCUT2D eigenvalue weighted by molar-refractivity contribution is 6.36. The Labute approximate surface area is 179 Å². The number of piperidine rings is 1. The number of anilines is 1. The Kier molecular flexibility index (Phi) is 6.16. The van der Waals surface area contributed by atoms with E-state index < -0.39 is 0 Å². The highest BCUT2D eigenvalue weighted by atomic mass is 35.5. The van der Waals surface area contributed by atoms with Gasteiger partial charge in [0.05, 0.1) is 29.9 Å². The van der Waals surface area contributed by atoms with E-state index in [9.17, 15) is 4.79 Å². The Balaban J connectivity index is 1.55. The molecule has 0 aliphatic carbocycles. The summed E-state index contributed by atoms with van der Waals surface area (Å²) in [5.41, 5.74) is 0.394. The van der Waals surface area contributed by atoms with Crippen molar-refractivity contribution in [3.8, 4) is 0 Å². The first-order chi connectivity index (χ1) is 14.1. The highest BCUT2D eigenvalue weighted by Crippen LogP contribution is 2.26. The van der Waals surface area contributed by atoms with E-state index in [1.807, 2.05) is 18.2 Å². The van der Waals surface area contributed by atoms with Gasteiger partial charge < -0.3 is 18.6 Å². The molecule has 1 aliphatic heterocycles. The summed E-state index contributed by atoms with van der Waals surface area (Å²) in [7, 11) is 0. The summed E-state index contributed by atoms with van der Waals surface area (Å²) in [5.74, 6) is 2.05. The van der Waals surface area contributed by atoms with Crippen LogP contribution in [0.15, 0.2) is 57.6 Å². The van der Waals surface area contributed by atoms with Crippen LogP contribution in [0.25, 0.3) is 0 Å². The molecule has 0 spiro atoms. The van der Waals surface area contributed by atoms with Crippen molar-refractivity contribution < 1.29 is 13.6 Å². The van der Waals surface area contributed by atoms with E-state index in [2.05, 4.69) is 4.90 Å². The fourth-order valence-electron chi connectivity index (χ4n) is 3.55. The number of amides is 1. The molecule has 3 aromatic rings. The normalized spacial score (nSPS) is 14.2. The van der Waals surface area contributed by atoms with Gasteiger partial charge in [0.2, 0.25) is 0 Å². The zero-order valence-corrected chi connectivity index (χ0v) is 17.5. The van der Waals surface area contributed by atoms with Crippen LogP contribution in [-0.2, 0) is 13.1 Å². The van der Waals surface area contributed by atoms with E-state index in [0.717, 1.165) is 24.7 Å². The number of carbonyl (C=O) groups is 1. The third kappa shape index (κ3) is 4.80. The van der Waals surface area contributed by atoms with Gasteiger partial charge in [0.1, 0.15) is 11.5 Å². The van der Waals surface area contributed by atoms with Crippen LogP contribution >= 0.6 is 23.2 Å². The van der Waals surface area contributed by atoms with Crippen molar-refractivity contribution in [2.45, 2.75) is 32.4 Å². The molecular weight excluding hydrogens is 411 g/mol. The molecule has 0 atom stereocenters. The van der Waals surface area contributed by atoms with Crippen LogP contribution < -0.4 is 4.90 Å². The number of benzene rings is 1. The average Bonchev–Trinajstić information content (AvgIpc) is 3.40. The van der Waals surface area contributed by atoms with Gasteiger partial charge in [-0.15, -0.1) is 0 Å². The third-order valence-corrected chi connectivity index (χ3v) is 5.59. The van der Waals surface area contributed by atoms with Crippen molar-refractivity contribution in [3.63, 3.8) is 0 Å². The molecule has 3 heterocycles. The molecule has 1 aromatic carbocycles. The smallest absolute Gasteiger partial charge is 0.256 e. The molecule has 2 aromatic heterocycles. The number of furan rings is 2. The minimum atomic E-state index is -0.209. The first-order valence-electron chi connectivity index (χ1n) is 9.70. The molecule has 5 nitrogen and oxygen atoms in total. The summed E-state index contributed by atoms with van der Waals surface area (Å²) < 4.78 is 11.5. The lowest BCUT2D eigenvalue weighted by Gasteiger charge is -2.26. The summed E-state index contributed by atoms with van der Waals surface area (Å²) in [6.07, 6.45) is 5.20. The predicted molar refractivity (Wildman–Crippen MR) is 114 cm³/mol. The number of carbonyl (C=O) groups excluding carboxylic acids is 1.